The summed E-state index contributed by atoms with van der Waals surface area (Å²) in [6, 6.07) is 1.94. The smallest absolute Gasteiger partial charge is 0.218 e. The highest BCUT2D eigenvalue weighted by molar-refractivity contribution is 9.09. The van der Waals surface area contributed by atoms with Gasteiger partial charge in [-0.1, -0.05) is 15.9 Å². The molecule has 0 saturated carbocycles. The van der Waals surface area contributed by atoms with Gasteiger partial charge in [0.05, 0.1) is 6.10 Å². The van der Waals surface area contributed by atoms with Gasteiger partial charge in [0.15, 0.2) is 0 Å². The molecule has 1 aliphatic heterocycles. The zero-order valence-corrected chi connectivity index (χ0v) is 12.6. The van der Waals surface area contributed by atoms with Gasteiger partial charge in [-0.05, 0) is 32.6 Å². The maximum Gasteiger partial charge on any atom is 0.218 e. The Morgan fingerprint density at radius 3 is 3.06 bits per heavy atom. The van der Waals surface area contributed by atoms with Gasteiger partial charge >= 0.3 is 0 Å². The molecule has 0 aliphatic carbocycles. The number of rotatable bonds is 4. The first-order valence-electron chi connectivity index (χ1n) is 6.48. The molecule has 0 bridgehead atoms. The lowest BCUT2D eigenvalue weighted by Gasteiger charge is -2.32. The molecule has 1 aliphatic rings. The molecule has 1 unspecified atom stereocenters. The number of ether oxygens (including phenoxy) is 1. The maximum atomic E-state index is 5.61. The number of nitrogens with zero attached hydrogens (tertiary/aromatic N) is 3. The zero-order chi connectivity index (χ0) is 13.0. The summed E-state index contributed by atoms with van der Waals surface area (Å²) in [4.78, 5) is 10.8. The summed E-state index contributed by atoms with van der Waals surface area (Å²) in [6.45, 7) is 6.14. The Balaban J connectivity index is 2.07. The third kappa shape index (κ3) is 3.57. The minimum atomic E-state index is 0.143. The van der Waals surface area contributed by atoms with E-state index >= 15 is 0 Å². The van der Waals surface area contributed by atoms with E-state index in [0.29, 0.717) is 11.8 Å². The van der Waals surface area contributed by atoms with Gasteiger partial charge in [-0.3, -0.25) is 0 Å². The van der Waals surface area contributed by atoms with E-state index in [9.17, 15) is 0 Å². The Hall–Kier alpha value is -0.840. The van der Waals surface area contributed by atoms with E-state index in [1.165, 1.54) is 12.8 Å². The van der Waals surface area contributed by atoms with Crippen molar-refractivity contribution in [1.29, 1.82) is 0 Å². The second kappa shape index (κ2) is 6.36. The van der Waals surface area contributed by atoms with E-state index in [1.807, 2.05) is 19.9 Å². The molecule has 18 heavy (non-hydrogen) atoms. The highest BCUT2D eigenvalue weighted by Crippen LogP contribution is 2.24. The second-order valence-electron chi connectivity index (χ2n) is 4.99. The van der Waals surface area contributed by atoms with E-state index in [2.05, 4.69) is 30.8 Å². The van der Waals surface area contributed by atoms with Crippen LogP contribution in [0, 0.1) is 5.92 Å². The van der Waals surface area contributed by atoms with Crippen LogP contribution < -0.4 is 9.64 Å². The van der Waals surface area contributed by atoms with Crippen LogP contribution in [-0.2, 0) is 0 Å². The molecule has 5 heteroatoms. The third-order valence-electron chi connectivity index (χ3n) is 3.05. The van der Waals surface area contributed by atoms with Crippen molar-refractivity contribution in [3.05, 3.63) is 12.4 Å². The lowest BCUT2D eigenvalue weighted by atomic mass is 10.0. The number of hydrogen-bond acceptors (Lipinski definition) is 4. The Bertz CT molecular complexity index is 386. The predicted molar refractivity (Wildman–Crippen MR) is 76.5 cm³/mol. The molecule has 4 nitrogen and oxygen atoms in total. The number of aromatic nitrogens is 2. The van der Waals surface area contributed by atoms with Gasteiger partial charge in [0, 0.05) is 24.5 Å². The van der Waals surface area contributed by atoms with Crippen LogP contribution in [0.1, 0.15) is 26.7 Å². The molecule has 0 aromatic carbocycles. The molecule has 1 saturated heterocycles. The van der Waals surface area contributed by atoms with Gasteiger partial charge in [-0.2, -0.15) is 0 Å². The summed E-state index contributed by atoms with van der Waals surface area (Å²) < 4.78 is 5.61. The summed E-state index contributed by atoms with van der Waals surface area (Å²) in [5.74, 6) is 2.35. The van der Waals surface area contributed by atoms with Crippen molar-refractivity contribution < 1.29 is 4.74 Å². The van der Waals surface area contributed by atoms with E-state index in [0.717, 1.165) is 24.2 Å². The van der Waals surface area contributed by atoms with Crippen LogP contribution in [0.2, 0.25) is 0 Å². The lowest BCUT2D eigenvalue weighted by Crippen LogP contribution is -2.36. The molecular weight excluding hydrogens is 294 g/mol. The fraction of sp³-hybridized carbons (Fsp3) is 0.692. The van der Waals surface area contributed by atoms with Gasteiger partial charge in [0.25, 0.3) is 0 Å². The largest absolute Gasteiger partial charge is 0.475 e. The molecule has 0 N–H and O–H groups in total. The fourth-order valence-corrected chi connectivity index (χ4v) is 2.74. The first kappa shape index (κ1) is 13.6. The summed E-state index contributed by atoms with van der Waals surface area (Å²) in [7, 11) is 0. The highest BCUT2D eigenvalue weighted by Gasteiger charge is 2.20. The summed E-state index contributed by atoms with van der Waals surface area (Å²) in [5, 5.41) is 1.06. The molecule has 100 valence electrons. The van der Waals surface area contributed by atoms with Gasteiger partial charge in [0.1, 0.15) is 12.1 Å². The molecule has 2 heterocycles. The van der Waals surface area contributed by atoms with Crippen molar-refractivity contribution in [3.8, 4) is 5.88 Å². The minimum absolute atomic E-state index is 0.143. The Labute approximate surface area is 117 Å². The van der Waals surface area contributed by atoms with Crippen molar-refractivity contribution >= 4 is 21.7 Å². The molecule has 1 fully saturated rings. The quantitative estimate of drug-likeness (QED) is 0.801. The topological polar surface area (TPSA) is 38.2 Å². The SMILES string of the molecule is CC(C)Oc1cc(N2CCCC(CBr)C2)ncn1. The van der Waals surface area contributed by atoms with Crippen LogP contribution in [0.5, 0.6) is 5.88 Å². The minimum Gasteiger partial charge on any atom is -0.475 e. The molecule has 0 spiro atoms. The van der Waals surface area contributed by atoms with Gasteiger partial charge < -0.3 is 9.64 Å². The van der Waals surface area contributed by atoms with E-state index in [-0.39, 0.29) is 6.10 Å². The third-order valence-corrected chi connectivity index (χ3v) is 3.96. The number of piperidine rings is 1. The molecular formula is C13H20BrN3O. The van der Waals surface area contributed by atoms with Gasteiger partial charge in [-0.15, -0.1) is 0 Å². The zero-order valence-electron chi connectivity index (χ0n) is 11.0. The van der Waals surface area contributed by atoms with Crippen LogP contribution in [0.3, 0.4) is 0 Å². The highest BCUT2D eigenvalue weighted by atomic mass is 79.9. The lowest BCUT2D eigenvalue weighted by molar-refractivity contribution is 0.232. The Kier molecular flexibility index (Phi) is 4.80. The van der Waals surface area contributed by atoms with Crippen molar-refractivity contribution in [1.82, 2.24) is 9.97 Å². The normalized spacial score (nSPS) is 20.2. The number of hydrogen-bond donors (Lipinski definition) is 0. The van der Waals surface area contributed by atoms with E-state index in [1.54, 1.807) is 6.33 Å². The Morgan fingerprint density at radius 2 is 2.33 bits per heavy atom. The second-order valence-corrected chi connectivity index (χ2v) is 5.64. The average Bonchev–Trinajstić information content (AvgIpc) is 2.38. The molecule has 2 rings (SSSR count). The number of alkyl halides is 1. The first-order chi connectivity index (χ1) is 8.69. The number of halogens is 1. The number of anilines is 1. The standard InChI is InChI=1S/C13H20BrN3O/c1-10(2)18-13-6-12(15-9-16-13)17-5-3-4-11(7-14)8-17/h6,9-11H,3-5,7-8H2,1-2H3. The van der Waals surface area contributed by atoms with Crippen molar-refractivity contribution in [2.24, 2.45) is 5.92 Å². The van der Waals surface area contributed by atoms with E-state index < -0.39 is 0 Å². The van der Waals surface area contributed by atoms with Gasteiger partial charge in [-0.25, -0.2) is 9.97 Å². The van der Waals surface area contributed by atoms with Crippen LogP contribution in [-0.4, -0.2) is 34.5 Å². The first-order valence-corrected chi connectivity index (χ1v) is 7.61. The van der Waals surface area contributed by atoms with Crippen molar-refractivity contribution in [3.63, 3.8) is 0 Å². The van der Waals surface area contributed by atoms with Crippen LogP contribution >= 0.6 is 15.9 Å². The average molecular weight is 314 g/mol. The van der Waals surface area contributed by atoms with Crippen LogP contribution in [0.15, 0.2) is 12.4 Å². The molecule has 1 atom stereocenters. The monoisotopic (exact) mass is 313 g/mol. The van der Waals surface area contributed by atoms with E-state index in [4.69, 9.17) is 4.74 Å². The van der Waals surface area contributed by atoms with Crippen LogP contribution in [0.4, 0.5) is 5.82 Å². The molecule has 1 aromatic heterocycles. The molecule has 0 amide bonds. The van der Waals surface area contributed by atoms with Crippen molar-refractivity contribution in [2.45, 2.75) is 32.8 Å². The summed E-state index contributed by atoms with van der Waals surface area (Å²) in [5.41, 5.74) is 0. The predicted octanol–water partition coefficient (Wildman–Crippen LogP) is 2.88. The van der Waals surface area contributed by atoms with Gasteiger partial charge in [0.2, 0.25) is 5.88 Å². The summed E-state index contributed by atoms with van der Waals surface area (Å²) >= 11 is 3.57. The molecule has 1 aromatic rings. The maximum absolute atomic E-state index is 5.61. The Morgan fingerprint density at radius 1 is 1.50 bits per heavy atom. The fourth-order valence-electron chi connectivity index (χ4n) is 2.21. The summed E-state index contributed by atoms with van der Waals surface area (Å²) in [6.07, 6.45) is 4.25. The van der Waals surface area contributed by atoms with Crippen LogP contribution in [0.25, 0.3) is 0 Å². The molecule has 0 radical (unpaired) electrons. The van der Waals surface area contributed by atoms with Crippen molar-refractivity contribution in [2.75, 3.05) is 23.3 Å².